The fourth-order valence-electron chi connectivity index (χ4n) is 5.09. The number of carbonyl (C=O) groups is 3. The molecule has 198 valence electrons. The lowest BCUT2D eigenvalue weighted by Crippen LogP contribution is -2.76. The molecule has 2 aliphatic heterocycles. The van der Waals surface area contributed by atoms with Gasteiger partial charge in [0, 0.05) is 13.6 Å². The number of amides is 4. The van der Waals surface area contributed by atoms with E-state index in [9.17, 15) is 18.8 Å². The lowest BCUT2D eigenvalue weighted by molar-refractivity contribution is -0.192. The molecular weight excluding hydrogens is 477 g/mol. The number of urea groups is 1. The first kappa shape index (κ1) is 26.4. The van der Waals surface area contributed by atoms with Gasteiger partial charge in [-0.25, -0.2) is 19.2 Å². The Labute approximate surface area is 216 Å². The number of hydrogen-bond donors (Lipinski definition) is 1. The standard InChI is InChI=1S/C27H34FN5O4/c1-17(2)25-26(35)31(18(3)20-8-10-21(28)11-9-20)15-23-32(25)24(34)16-30(4)33(23)27(36)29-14-19-6-12-22(37-5)13-7-19/h6-13,17-18,23,25H,14-16H2,1-5H3,(H,29,36). The number of methoxy groups -OCH3 is 1. The number of nitrogens with one attached hydrogen (secondary N) is 1. The first-order valence-electron chi connectivity index (χ1n) is 12.4. The molecule has 4 amide bonds. The van der Waals surface area contributed by atoms with E-state index < -0.39 is 12.2 Å². The van der Waals surface area contributed by atoms with Gasteiger partial charge in [0.2, 0.25) is 11.8 Å². The molecule has 9 nitrogen and oxygen atoms in total. The minimum Gasteiger partial charge on any atom is -0.497 e. The van der Waals surface area contributed by atoms with Gasteiger partial charge in [-0.1, -0.05) is 38.1 Å². The third-order valence-electron chi connectivity index (χ3n) is 7.08. The molecule has 37 heavy (non-hydrogen) atoms. The Kier molecular flexibility index (Phi) is 7.68. The van der Waals surface area contributed by atoms with Crippen LogP contribution in [-0.4, -0.2) is 77.1 Å². The number of piperazine rings is 1. The van der Waals surface area contributed by atoms with Crippen molar-refractivity contribution in [1.82, 2.24) is 25.1 Å². The number of rotatable bonds is 6. The molecular formula is C27H34FN5O4. The molecule has 2 aliphatic rings. The van der Waals surface area contributed by atoms with E-state index in [2.05, 4.69) is 5.32 Å². The summed E-state index contributed by atoms with van der Waals surface area (Å²) in [6, 6.07) is 12.0. The maximum Gasteiger partial charge on any atom is 0.334 e. The number of hydrazine groups is 1. The quantitative estimate of drug-likeness (QED) is 0.645. The van der Waals surface area contributed by atoms with Crippen LogP contribution in [0.5, 0.6) is 5.75 Å². The Hall–Kier alpha value is -3.66. The van der Waals surface area contributed by atoms with E-state index in [4.69, 9.17) is 4.74 Å². The maximum atomic E-state index is 13.7. The highest BCUT2D eigenvalue weighted by Gasteiger charge is 2.52. The summed E-state index contributed by atoms with van der Waals surface area (Å²) in [5.74, 6) is -0.185. The number of fused-ring (bicyclic) bond motifs is 1. The van der Waals surface area contributed by atoms with Gasteiger partial charge in [-0.2, -0.15) is 0 Å². The fraction of sp³-hybridized carbons (Fsp3) is 0.444. The van der Waals surface area contributed by atoms with Crippen molar-refractivity contribution in [3.05, 3.63) is 65.5 Å². The van der Waals surface area contributed by atoms with Crippen molar-refractivity contribution in [2.24, 2.45) is 5.92 Å². The molecule has 2 aromatic carbocycles. The van der Waals surface area contributed by atoms with Gasteiger partial charge >= 0.3 is 6.03 Å². The first-order chi connectivity index (χ1) is 17.6. The molecule has 2 heterocycles. The van der Waals surface area contributed by atoms with E-state index in [1.165, 1.54) is 17.1 Å². The van der Waals surface area contributed by atoms with Crippen LogP contribution in [0.3, 0.4) is 0 Å². The number of hydrogen-bond acceptors (Lipinski definition) is 5. The second kappa shape index (κ2) is 10.8. The zero-order valence-corrected chi connectivity index (χ0v) is 21.8. The van der Waals surface area contributed by atoms with Crippen molar-refractivity contribution in [3.8, 4) is 5.75 Å². The van der Waals surface area contributed by atoms with E-state index >= 15 is 0 Å². The second-order valence-corrected chi connectivity index (χ2v) is 9.86. The van der Waals surface area contributed by atoms with E-state index in [0.29, 0.717) is 0 Å². The van der Waals surface area contributed by atoms with Crippen LogP contribution in [0.15, 0.2) is 48.5 Å². The summed E-state index contributed by atoms with van der Waals surface area (Å²) < 4.78 is 18.7. The van der Waals surface area contributed by atoms with Crippen molar-refractivity contribution in [3.63, 3.8) is 0 Å². The molecule has 10 heteroatoms. The van der Waals surface area contributed by atoms with Gasteiger partial charge in [-0.15, -0.1) is 0 Å². The van der Waals surface area contributed by atoms with Crippen LogP contribution in [0.2, 0.25) is 0 Å². The van der Waals surface area contributed by atoms with Crippen LogP contribution >= 0.6 is 0 Å². The molecule has 2 fully saturated rings. The van der Waals surface area contributed by atoms with E-state index in [-0.39, 0.29) is 55.3 Å². The van der Waals surface area contributed by atoms with Crippen LogP contribution in [0.4, 0.5) is 9.18 Å². The smallest absolute Gasteiger partial charge is 0.334 e. The minimum atomic E-state index is -0.722. The normalized spacial score (nSPS) is 21.2. The van der Waals surface area contributed by atoms with Gasteiger partial charge in [-0.05, 0) is 48.2 Å². The predicted molar refractivity (Wildman–Crippen MR) is 135 cm³/mol. The van der Waals surface area contributed by atoms with Crippen LogP contribution in [-0.2, 0) is 16.1 Å². The van der Waals surface area contributed by atoms with Gasteiger partial charge in [-0.3, -0.25) is 9.59 Å². The number of benzene rings is 2. The third kappa shape index (κ3) is 5.24. The molecule has 0 spiro atoms. The summed E-state index contributed by atoms with van der Waals surface area (Å²) in [6.45, 7) is 6.07. The summed E-state index contributed by atoms with van der Waals surface area (Å²) >= 11 is 0. The van der Waals surface area contributed by atoms with Gasteiger partial charge in [0.1, 0.15) is 23.8 Å². The van der Waals surface area contributed by atoms with Gasteiger partial charge < -0.3 is 19.9 Å². The van der Waals surface area contributed by atoms with Crippen LogP contribution in [0.1, 0.15) is 37.9 Å². The van der Waals surface area contributed by atoms with E-state index in [0.717, 1.165) is 16.9 Å². The Bertz CT molecular complexity index is 1140. The summed E-state index contributed by atoms with van der Waals surface area (Å²) in [7, 11) is 3.28. The summed E-state index contributed by atoms with van der Waals surface area (Å²) in [5.41, 5.74) is 1.67. The largest absolute Gasteiger partial charge is 0.497 e. The maximum absolute atomic E-state index is 13.7. The molecule has 3 unspecified atom stereocenters. The lowest BCUT2D eigenvalue weighted by Gasteiger charge is -2.56. The summed E-state index contributed by atoms with van der Waals surface area (Å²) in [6.07, 6.45) is -0.685. The molecule has 2 saturated heterocycles. The highest BCUT2D eigenvalue weighted by Crippen LogP contribution is 2.33. The number of ether oxygens (including phenoxy) is 1. The number of carbonyl (C=O) groups excluding carboxylic acids is 3. The molecule has 0 radical (unpaired) electrons. The molecule has 2 aromatic rings. The Morgan fingerprint density at radius 2 is 1.73 bits per heavy atom. The molecule has 3 atom stereocenters. The van der Waals surface area contributed by atoms with Gasteiger partial charge in [0.25, 0.3) is 0 Å². The van der Waals surface area contributed by atoms with Gasteiger partial charge in [0.15, 0.2) is 0 Å². The van der Waals surface area contributed by atoms with Crippen LogP contribution < -0.4 is 10.1 Å². The zero-order chi connectivity index (χ0) is 26.9. The average molecular weight is 512 g/mol. The lowest BCUT2D eigenvalue weighted by atomic mass is 9.94. The van der Waals surface area contributed by atoms with Gasteiger partial charge in [0.05, 0.1) is 26.2 Å². The van der Waals surface area contributed by atoms with E-state index in [1.54, 1.807) is 41.1 Å². The third-order valence-corrected chi connectivity index (χ3v) is 7.08. The topological polar surface area (TPSA) is 85.4 Å². The predicted octanol–water partition coefficient (Wildman–Crippen LogP) is 2.99. The zero-order valence-electron chi connectivity index (χ0n) is 21.8. The summed E-state index contributed by atoms with van der Waals surface area (Å²) in [5, 5.41) is 6.07. The number of halogens is 1. The Balaban J connectivity index is 1.61. The first-order valence-corrected chi connectivity index (χ1v) is 12.4. The van der Waals surface area contributed by atoms with Crippen molar-refractivity contribution < 1.29 is 23.5 Å². The molecule has 4 rings (SSSR count). The van der Waals surface area contributed by atoms with Crippen molar-refractivity contribution in [2.45, 2.75) is 45.6 Å². The van der Waals surface area contributed by atoms with Crippen molar-refractivity contribution >= 4 is 17.8 Å². The summed E-state index contributed by atoms with van der Waals surface area (Å²) in [4.78, 5) is 43.6. The van der Waals surface area contributed by atoms with Crippen molar-refractivity contribution in [1.29, 1.82) is 0 Å². The number of likely N-dealkylation sites (N-methyl/N-ethyl adjacent to an activating group) is 1. The molecule has 0 saturated carbocycles. The van der Waals surface area contributed by atoms with Crippen LogP contribution in [0, 0.1) is 11.7 Å². The molecule has 1 N–H and O–H groups in total. The second-order valence-electron chi connectivity index (χ2n) is 9.86. The molecule has 0 aromatic heterocycles. The molecule has 0 aliphatic carbocycles. The van der Waals surface area contributed by atoms with Crippen LogP contribution in [0.25, 0.3) is 0 Å². The minimum absolute atomic E-state index is 0.0174. The average Bonchev–Trinajstić information content (AvgIpc) is 2.87. The fourth-order valence-corrected chi connectivity index (χ4v) is 5.09. The SMILES string of the molecule is COc1ccc(CNC(=O)N2C3CN(C(C)c4ccc(F)cc4)C(=O)C(C(C)C)N3C(=O)CN2C)cc1. The van der Waals surface area contributed by atoms with E-state index in [1.807, 2.05) is 45.0 Å². The Morgan fingerprint density at radius 3 is 2.32 bits per heavy atom. The number of nitrogens with zero attached hydrogens (tertiary/aromatic N) is 4. The Morgan fingerprint density at radius 1 is 1.08 bits per heavy atom. The van der Waals surface area contributed by atoms with Crippen molar-refractivity contribution in [2.75, 3.05) is 27.2 Å². The highest BCUT2D eigenvalue weighted by atomic mass is 19.1. The monoisotopic (exact) mass is 511 g/mol. The molecule has 0 bridgehead atoms. The highest BCUT2D eigenvalue weighted by molar-refractivity contribution is 5.91.